The molecule has 0 amide bonds. The van der Waals surface area contributed by atoms with Crippen molar-refractivity contribution in [3.8, 4) is 0 Å². The first-order valence-electron chi connectivity index (χ1n) is 6.35. The molecule has 108 valence electrons. The van der Waals surface area contributed by atoms with Gasteiger partial charge in [0.1, 0.15) is 0 Å². The molecular formula is C14H20F3NO. The average molecular weight is 275 g/mol. The molecule has 0 bridgehead atoms. The van der Waals surface area contributed by atoms with Crippen molar-refractivity contribution in [2.45, 2.75) is 39.0 Å². The highest BCUT2D eigenvalue weighted by Crippen LogP contribution is 2.29. The Kier molecular flexibility index (Phi) is 5.82. The Morgan fingerprint density at radius 2 is 1.95 bits per heavy atom. The van der Waals surface area contributed by atoms with Crippen molar-refractivity contribution < 1.29 is 18.3 Å². The Morgan fingerprint density at radius 3 is 2.47 bits per heavy atom. The summed E-state index contributed by atoms with van der Waals surface area (Å²) in [5.74, 6) is 0.318. The number of nitrogens with one attached hydrogen (secondary N) is 1. The highest BCUT2D eigenvalue weighted by Gasteiger charge is 2.30. The van der Waals surface area contributed by atoms with Crippen LogP contribution in [-0.2, 0) is 12.7 Å². The summed E-state index contributed by atoms with van der Waals surface area (Å²) in [4.78, 5) is 0. The third-order valence-corrected chi connectivity index (χ3v) is 3.07. The normalized spacial score (nSPS) is 13.8. The number of hydrogen-bond acceptors (Lipinski definition) is 2. The van der Waals surface area contributed by atoms with Crippen LogP contribution < -0.4 is 5.32 Å². The molecule has 2 nitrogen and oxygen atoms in total. The van der Waals surface area contributed by atoms with Gasteiger partial charge in [0.15, 0.2) is 0 Å². The second kappa shape index (κ2) is 6.91. The lowest BCUT2D eigenvalue weighted by atomic mass is 10.0. The van der Waals surface area contributed by atoms with E-state index < -0.39 is 11.7 Å². The molecule has 0 aliphatic carbocycles. The smallest absolute Gasteiger partial charge is 0.396 e. The molecule has 0 saturated carbocycles. The third kappa shape index (κ3) is 5.20. The average Bonchev–Trinajstić information content (AvgIpc) is 2.33. The minimum atomic E-state index is -4.31. The van der Waals surface area contributed by atoms with Gasteiger partial charge in [-0.1, -0.05) is 32.0 Å². The summed E-state index contributed by atoms with van der Waals surface area (Å²) in [6, 6.07) is 5.40. The van der Waals surface area contributed by atoms with E-state index in [1.54, 1.807) is 6.07 Å². The number of halogens is 3. The zero-order valence-electron chi connectivity index (χ0n) is 11.2. The van der Waals surface area contributed by atoms with Gasteiger partial charge in [-0.05, 0) is 24.0 Å². The predicted molar refractivity (Wildman–Crippen MR) is 68.6 cm³/mol. The summed E-state index contributed by atoms with van der Waals surface area (Å²) >= 11 is 0. The Balaban J connectivity index is 2.67. The molecule has 1 aromatic rings. The van der Waals surface area contributed by atoms with Gasteiger partial charge in [-0.15, -0.1) is 0 Å². The fourth-order valence-electron chi connectivity index (χ4n) is 1.92. The van der Waals surface area contributed by atoms with Gasteiger partial charge in [-0.25, -0.2) is 0 Å². The molecule has 0 aliphatic heterocycles. The van der Waals surface area contributed by atoms with Crippen LogP contribution in [0.5, 0.6) is 0 Å². The maximum absolute atomic E-state index is 12.6. The first-order chi connectivity index (χ1) is 8.84. The fourth-order valence-corrected chi connectivity index (χ4v) is 1.92. The molecule has 0 aromatic heterocycles. The van der Waals surface area contributed by atoms with Crippen LogP contribution in [0, 0.1) is 5.92 Å². The van der Waals surface area contributed by atoms with Crippen LogP contribution >= 0.6 is 0 Å². The molecule has 2 N–H and O–H groups in total. The van der Waals surface area contributed by atoms with Crippen molar-refractivity contribution in [3.05, 3.63) is 35.4 Å². The molecular weight excluding hydrogens is 255 g/mol. The lowest BCUT2D eigenvalue weighted by Gasteiger charge is -2.21. The molecule has 0 spiro atoms. The van der Waals surface area contributed by atoms with E-state index in [0.717, 1.165) is 12.1 Å². The third-order valence-electron chi connectivity index (χ3n) is 3.07. The zero-order chi connectivity index (χ0) is 14.5. The number of alkyl halides is 3. The number of benzene rings is 1. The monoisotopic (exact) mass is 275 g/mol. The van der Waals surface area contributed by atoms with Crippen LogP contribution in [0.2, 0.25) is 0 Å². The van der Waals surface area contributed by atoms with E-state index in [2.05, 4.69) is 5.32 Å². The second-order valence-electron chi connectivity index (χ2n) is 4.94. The maximum atomic E-state index is 12.6. The number of rotatable bonds is 6. The van der Waals surface area contributed by atoms with Crippen molar-refractivity contribution in [3.63, 3.8) is 0 Å². The number of aliphatic hydroxyl groups is 1. The second-order valence-corrected chi connectivity index (χ2v) is 4.94. The standard InChI is InChI=1S/C14H20F3NO/c1-10(2)13(6-7-19)18-9-11-4-3-5-12(8-11)14(15,16)17/h3-5,8,10,13,18-19H,6-7,9H2,1-2H3. The SMILES string of the molecule is CC(C)C(CCO)NCc1cccc(C(F)(F)F)c1. The van der Waals surface area contributed by atoms with Crippen LogP contribution in [0.3, 0.4) is 0 Å². The van der Waals surface area contributed by atoms with Gasteiger partial charge in [0.05, 0.1) is 5.56 Å². The summed E-state index contributed by atoms with van der Waals surface area (Å²) < 4.78 is 37.7. The molecule has 0 heterocycles. The molecule has 0 fully saturated rings. The Labute approximate surface area is 111 Å². The minimum absolute atomic E-state index is 0.0679. The summed E-state index contributed by atoms with van der Waals surface area (Å²) in [6.07, 6.45) is -3.71. The van der Waals surface area contributed by atoms with Gasteiger partial charge in [0.25, 0.3) is 0 Å². The van der Waals surface area contributed by atoms with Gasteiger partial charge in [0.2, 0.25) is 0 Å². The first-order valence-corrected chi connectivity index (χ1v) is 6.35. The summed E-state index contributed by atoms with van der Waals surface area (Å²) in [5, 5.41) is 12.1. The van der Waals surface area contributed by atoms with E-state index in [1.165, 1.54) is 6.07 Å². The van der Waals surface area contributed by atoms with Crippen LogP contribution in [0.25, 0.3) is 0 Å². The van der Waals surface area contributed by atoms with E-state index in [9.17, 15) is 13.2 Å². The van der Waals surface area contributed by atoms with Crippen molar-refractivity contribution in [1.29, 1.82) is 0 Å². The van der Waals surface area contributed by atoms with Gasteiger partial charge < -0.3 is 10.4 Å². The van der Waals surface area contributed by atoms with Crippen molar-refractivity contribution in [2.24, 2.45) is 5.92 Å². The molecule has 19 heavy (non-hydrogen) atoms. The molecule has 1 unspecified atom stereocenters. The quantitative estimate of drug-likeness (QED) is 0.835. The Morgan fingerprint density at radius 1 is 1.26 bits per heavy atom. The lowest BCUT2D eigenvalue weighted by molar-refractivity contribution is -0.137. The molecule has 0 saturated heterocycles. The molecule has 1 aromatic carbocycles. The largest absolute Gasteiger partial charge is 0.416 e. The van der Waals surface area contributed by atoms with Crippen molar-refractivity contribution in [1.82, 2.24) is 5.32 Å². The van der Waals surface area contributed by atoms with Crippen LogP contribution in [0.1, 0.15) is 31.4 Å². The highest BCUT2D eigenvalue weighted by molar-refractivity contribution is 5.25. The Hall–Kier alpha value is -1.07. The van der Waals surface area contributed by atoms with Gasteiger partial charge >= 0.3 is 6.18 Å². The number of aliphatic hydroxyl groups excluding tert-OH is 1. The highest BCUT2D eigenvalue weighted by atomic mass is 19.4. The van der Waals surface area contributed by atoms with E-state index in [0.29, 0.717) is 24.4 Å². The van der Waals surface area contributed by atoms with Gasteiger partial charge in [-0.3, -0.25) is 0 Å². The summed E-state index contributed by atoms with van der Waals surface area (Å²) in [6.45, 7) is 4.46. The van der Waals surface area contributed by atoms with Gasteiger partial charge in [-0.2, -0.15) is 13.2 Å². The molecule has 5 heteroatoms. The fraction of sp³-hybridized carbons (Fsp3) is 0.571. The van der Waals surface area contributed by atoms with Gasteiger partial charge in [0, 0.05) is 19.2 Å². The van der Waals surface area contributed by atoms with E-state index >= 15 is 0 Å². The van der Waals surface area contributed by atoms with Crippen molar-refractivity contribution in [2.75, 3.05) is 6.61 Å². The van der Waals surface area contributed by atoms with Crippen LogP contribution in [0.4, 0.5) is 13.2 Å². The number of hydrogen-bond donors (Lipinski definition) is 2. The van der Waals surface area contributed by atoms with Crippen molar-refractivity contribution >= 4 is 0 Å². The minimum Gasteiger partial charge on any atom is -0.396 e. The summed E-state index contributed by atoms with van der Waals surface area (Å²) in [7, 11) is 0. The van der Waals surface area contributed by atoms with E-state index in [4.69, 9.17) is 5.11 Å². The lowest BCUT2D eigenvalue weighted by Crippen LogP contribution is -2.34. The van der Waals surface area contributed by atoms with E-state index in [-0.39, 0.29) is 12.6 Å². The Bertz CT molecular complexity index is 391. The van der Waals surface area contributed by atoms with E-state index in [1.807, 2.05) is 13.8 Å². The molecule has 0 aliphatic rings. The zero-order valence-corrected chi connectivity index (χ0v) is 11.2. The van der Waals surface area contributed by atoms with Crippen LogP contribution in [-0.4, -0.2) is 17.8 Å². The topological polar surface area (TPSA) is 32.3 Å². The van der Waals surface area contributed by atoms with Crippen LogP contribution in [0.15, 0.2) is 24.3 Å². The molecule has 1 rings (SSSR count). The maximum Gasteiger partial charge on any atom is 0.416 e. The predicted octanol–water partition coefficient (Wildman–Crippen LogP) is 3.20. The first kappa shape index (κ1) is 16.0. The summed E-state index contributed by atoms with van der Waals surface area (Å²) in [5.41, 5.74) is -0.0338. The molecule has 0 radical (unpaired) electrons. The molecule has 1 atom stereocenters.